The molecule has 1 amide bonds. The Labute approximate surface area is 77.9 Å². The van der Waals surface area contributed by atoms with Crippen molar-refractivity contribution in [3.8, 4) is 0 Å². The zero-order valence-electron chi connectivity index (χ0n) is 8.29. The van der Waals surface area contributed by atoms with Crippen LogP contribution in [0.15, 0.2) is 6.07 Å². The maximum atomic E-state index is 11.1. The highest BCUT2D eigenvalue weighted by Crippen LogP contribution is 2.05. The van der Waals surface area contributed by atoms with E-state index in [0.29, 0.717) is 12.2 Å². The third kappa shape index (κ3) is 1.88. The van der Waals surface area contributed by atoms with Gasteiger partial charge in [0.1, 0.15) is 5.69 Å². The number of amides is 1. The monoisotopic (exact) mass is 181 g/mol. The first-order valence-electron chi connectivity index (χ1n) is 4.60. The second-order valence-corrected chi connectivity index (χ2v) is 2.65. The van der Waals surface area contributed by atoms with Gasteiger partial charge in [-0.3, -0.25) is 9.48 Å². The van der Waals surface area contributed by atoms with Crippen LogP contribution in [0.2, 0.25) is 0 Å². The highest BCUT2D eigenvalue weighted by Gasteiger charge is 2.17. The standard InChI is InChI=1S/C7H9N3O.C2H6/c1-5-4-6-7(11)8-2-3-10(6)9-5;1-2/h4H,2-3H2,1H3,(H,8,11);1-2H3. The van der Waals surface area contributed by atoms with Crippen LogP contribution in [0, 0.1) is 6.92 Å². The Bertz CT molecular complexity index is 304. The molecule has 72 valence electrons. The highest BCUT2D eigenvalue weighted by molar-refractivity contribution is 5.93. The van der Waals surface area contributed by atoms with Crippen LogP contribution < -0.4 is 5.32 Å². The molecule has 2 rings (SSSR count). The summed E-state index contributed by atoms with van der Waals surface area (Å²) in [5.41, 5.74) is 1.57. The largest absolute Gasteiger partial charge is 0.349 e. The minimum Gasteiger partial charge on any atom is -0.349 e. The lowest BCUT2D eigenvalue weighted by Crippen LogP contribution is -2.35. The van der Waals surface area contributed by atoms with Crippen LogP contribution in [0.25, 0.3) is 0 Å². The van der Waals surface area contributed by atoms with Crippen molar-refractivity contribution >= 4 is 5.91 Å². The fourth-order valence-electron chi connectivity index (χ4n) is 1.26. The van der Waals surface area contributed by atoms with Gasteiger partial charge in [-0.2, -0.15) is 5.10 Å². The molecule has 1 aromatic heterocycles. The number of aromatic nitrogens is 2. The minimum absolute atomic E-state index is 0.0168. The molecule has 4 heteroatoms. The van der Waals surface area contributed by atoms with Crippen LogP contribution in [0.3, 0.4) is 0 Å². The third-order valence-corrected chi connectivity index (χ3v) is 1.74. The van der Waals surface area contributed by atoms with E-state index in [1.54, 1.807) is 10.7 Å². The van der Waals surface area contributed by atoms with Crippen molar-refractivity contribution in [2.75, 3.05) is 6.54 Å². The van der Waals surface area contributed by atoms with Gasteiger partial charge in [0.05, 0.1) is 12.2 Å². The lowest BCUT2D eigenvalue weighted by molar-refractivity contribution is 0.0924. The van der Waals surface area contributed by atoms with E-state index in [4.69, 9.17) is 0 Å². The number of nitrogens with zero attached hydrogens (tertiary/aromatic N) is 2. The van der Waals surface area contributed by atoms with E-state index in [1.165, 1.54) is 0 Å². The van der Waals surface area contributed by atoms with Crippen molar-refractivity contribution in [2.45, 2.75) is 27.3 Å². The molecule has 0 atom stereocenters. The molecule has 2 heterocycles. The first-order chi connectivity index (χ1) is 6.27. The number of hydrogen-bond acceptors (Lipinski definition) is 2. The molecule has 4 nitrogen and oxygen atoms in total. The molecule has 1 N–H and O–H groups in total. The fourth-order valence-corrected chi connectivity index (χ4v) is 1.26. The lowest BCUT2D eigenvalue weighted by Gasteiger charge is -2.13. The quantitative estimate of drug-likeness (QED) is 0.648. The Morgan fingerprint density at radius 2 is 2.23 bits per heavy atom. The van der Waals surface area contributed by atoms with Crippen LogP contribution >= 0.6 is 0 Å². The molecule has 0 saturated heterocycles. The van der Waals surface area contributed by atoms with E-state index >= 15 is 0 Å². The summed E-state index contributed by atoms with van der Waals surface area (Å²) in [5, 5.41) is 6.91. The van der Waals surface area contributed by atoms with E-state index in [0.717, 1.165) is 12.2 Å². The summed E-state index contributed by atoms with van der Waals surface area (Å²) < 4.78 is 1.74. The number of aryl methyl sites for hydroxylation is 1. The van der Waals surface area contributed by atoms with Gasteiger partial charge in [-0.1, -0.05) is 13.8 Å². The summed E-state index contributed by atoms with van der Waals surface area (Å²) in [6.07, 6.45) is 0. The normalized spacial score (nSPS) is 13.9. The van der Waals surface area contributed by atoms with Gasteiger partial charge in [0.15, 0.2) is 0 Å². The minimum atomic E-state index is -0.0168. The fraction of sp³-hybridized carbons (Fsp3) is 0.556. The van der Waals surface area contributed by atoms with Crippen molar-refractivity contribution in [3.05, 3.63) is 17.5 Å². The molecule has 0 saturated carbocycles. The highest BCUT2D eigenvalue weighted by atomic mass is 16.2. The van der Waals surface area contributed by atoms with Crippen molar-refractivity contribution in [1.82, 2.24) is 15.1 Å². The molecule has 0 aromatic carbocycles. The van der Waals surface area contributed by atoms with E-state index in [9.17, 15) is 4.79 Å². The Balaban J connectivity index is 0.000000396. The average Bonchev–Trinajstić information content (AvgIpc) is 2.51. The number of nitrogens with one attached hydrogen (secondary N) is 1. The summed E-state index contributed by atoms with van der Waals surface area (Å²) in [4.78, 5) is 11.1. The van der Waals surface area contributed by atoms with Gasteiger partial charge in [-0.25, -0.2) is 0 Å². The van der Waals surface area contributed by atoms with Crippen LogP contribution in [-0.4, -0.2) is 22.2 Å². The van der Waals surface area contributed by atoms with Crippen molar-refractivity contribution in [2.24, 2.45) is 0 Å². The molecule has 0 bridgehead atoms. The zero-order chi connectivity index (χ0) is 9.84. The van der Waals surface area contributed by atoms with Crippen LogP contribution in [-0.2, 0) is 6.54 Å². The molecule has 0 fully saturated rings. The van der Waals surface area contributed by atoms with Gasteiger partial charge in [0.2, 0.25) is 0 Å². The molecular formula is C9H15N3O. The van der Waals surface area contributed by atoms with Crippen LogP contribution in [0.4, 0.5) is 0 Å². The second kappa shape index (κ2) is 4.07. The zero-order valence-corrected chi connectivity index (χ0v) is 8.29. The molecule has 13 heavy (non-hydrogen) atoms. The predicted molar refractivity (Wildman–Crippen MR) is 50.6 cm³/mol. The number of fused-ring (bicyclic) bond motifs is 1. The maximum absolute atomic E-state index is 11.1. The first kappa shape index (κ1) is 9.77. The summed E-state index contributed by atoms with van der Waals surface area (Å²) in [7, 11) is 0. The maximum Gasteiger partial charge on any atom is 0.269 e. The Morgan fingerprint density at radius 3 is 2.85 bits per heavy atom. The molecule has 0 radical (unpaired) electrons. The van der Waals surface area contributed by atoms with Crippen LogP contribution in [0.1, 0.15) is 30.0 Å². The van der Waals surface area contributed by atoms with Gasteiger partial charge < -0.3 is 5.32 Å². The molecule has 1 aliphatic rings. The smallest absolute Gasteiger partial charge is 0.269 e. The number of carbonyl (C=O) groups is 1. The van der Waals surface area contributed by atoms with E-state index in [-0.39, 0.29) is 5.91 Å². The summed E-state index contributed by atoms with van der Waals surface area (Å²) in [6.45, 7) is 7.36. The topological polar surface area (TPSA) is 46.9 Å². The summed E-state index contributed by atoms with van der Waals surface area (Å²) >= 11 is 0. The van der Waals surface area contributed by atoms with Gasteiger partial charge in [0, 0.05) is 6.54 Å². The lowest BCUT2D eigenvalue weighted by atomic mass is 10.3. The average molecular weight is 181 g/mol. The molecule has 0 unspecified atom stereocenters. The molecule has 1 aromatic rings. The Morgan fingerprint density at radius 1 is 1.54 bits per heavy atom. The van der Waals surface area contributed by atoms with E-state index in [2.05, 4.69) is 10.4 Å². The predicted octanol–water partition coefficient (Wildman–Crippen LogP) is 0.961. The Hall–Kier alpha value is -1.32. The number of hydrogen-bond donors (Lipinski definition) is 1. The third-order valence-electron chi connectivity index (χ3n) is 1.74. The van der Waals surface area contributed by atoms with E-state index in [1.807, 2.05) is 20.8 Å². The van der Waals surface area contributed by atoms with Gasteiger partial charge in [-0.05, 0) is 13.0 Å². The van der Waals surface area contributed by atoms with Gasteiger partial charge in [-0.15, -0.1) is 0 Å². The van der Waals surface area contributed by atoms with Gasteiger partial charge >= 0.3 is 0 Å². The molecule has 0 aliphatic carbocycles. The SMILES string of the molecule is CC.Cc1cc2n(n1)CCNC2=O. The number of rotatable bonds is 0. The van der Waals surface area contributed by atoms with Gasteiger partial charge in [0.25, 0.3) is 5.91 Å². The van der Waals surface area contributed by atoms with Crippen LogP contribution in [0.5, 0.6) is 0 Å². The molecule has 0 spiro atoms. The molecule has 1 aliphatic heterocycles. The van der Waals surface area contributed by atoms with Crippen molar-refractivity contribution in [3.63, 3.8) is 0 Å². The van der Waals surface area contributed by atoms with Crippen molar-refractivity contribution < 1.29 is 4.79 Å². The molecular weight excluding hydrogens is 166 g/mol. The summed E-state index contributed by atoms with van der Waals surface area (Å²) in [5.74, 6) is -0.0168. The Kier molecular flexibility index (Phi) is 3.06. The first-order valence-corrected chi connectivity index (χ1v) is 4.60. The van der Waals surface area contributed by atoms with Crippen molar-refractivity contribution in [1.29, 1.82) is 0 Å². The summed E-state index contributed by atoms with van der Waals surface area (Å²) in [6, 6.07) is 1.80. The number of carbonyl (C=O) groups excluding carboxylic acids is 1. The second-order valence-electron chi connectivity index (χ2n) is 2.65. The van der Waals surface area contributed by atoms with E-state index < -0.39 is 0 Å².